The summed E-state index contributed by atoms with van der Waals surface area (Å²) in [6, 6.07) is 3.34. The van der Waals surface area contributed by atoms with Gasteiger partial charge < -0.3 is 14.2 Å². The maximum absolute atomic E-state index is 10.8. The average molecular weight is 208 g/mol. The maximum atomic E-state index is 10.8. The number of benzene rings is 1. The molecule has 0 unspecified atom stereocenters. The van der Waals surface area contributed by atoms with E-state index < -0.39 is 0 Å². The first-order valence-electron chi connectivity index (χ1n) is 4.86. The summed E-state index contributed by atoms with van der Waals surface area (Å²) in [5.74, 6) is 1.78. The van der Waals surface area contributed by atoms with Crippen LogP contribution in [0.5, 0.6) is 17.2 Å². The SMILES string of the molecule is CCOc1cc2c(cc1C=O)OCCO2. The number of aldehydes is 1. The van der Waals surface area contributed by atoms with Crippen LogP contribution in [0.25, 0.3) is 0 Å². The summed E-state index contributed by atoms with van der Waals surface area (Å²) in [7, 11) is 0. The zero-order valence-electron chi connectivity index (χ0n) is 8.49. The number of hydrogen-bond acceptors (Lipinski definition) is 4. The van der Waals surface area contributed by atoms with Gasteiger partial charge >= 0.3 is 0 Å². The molecule has 0 bridgehead atoms. The van der Waals surface area contributed by atoms with Gasteiger partial charge in [0.1, 0.15) is 19.0 Å². The second-order valence-electron chi connectivity index (χ2n) is 3.08. The molecule has 0 radical (unpaired) electrons. The van der Waals surface area contributed by atoms with Crippen molar-refractivity contribution in [3.05, 3.63) is 17.7 Å². The molecule has 0 saturated heterocycles. The first-order valence-corrected chi connectivity index (χ1v) is 4.86. The molecule has 4 nitrogen and oxygen atoms in total. The lowest BCUT2D eigenvalue weighted by atomic mass is 10.2. The Labute approximate surface area is 87.8 Å². The van der Waals surface area contributed by atoms with Gasteiger partial charge in [-0.05, 0) is 13.0 Å². The third-order valence-electron chi connectivity index (χ3n) is 2.10. The quantitative estimate of drug-likeness (QED) is 0.709. The fourth-order valence-corrected chi connectivity index (χ4v) is 1.46. The highest BCUT2D eigenvalue weighted by Crippen LogP contribution is 2.36. The van der Waals surface area contributed by atoms with E-state index >= 15 is 0 Å². The van der Waals surface area contributed by atoms with Crippen LogP contribution < -0.4 is 14.2 Å². The van der Waals surface area contributed by atoms with Crippen molar-refractivity contribution < 1.29 is 19.0 Å². The van der Waals surface area contributed by atoms with Crippen LogP contribution in [0.4, 0.5) is 0 Å². The molecule has 80 valence electrons. The molecule has 15 heavy (non-hydrogen) atoms. The number of hydrogen-bond donors (Lipinski definition) is 0. The molecule has 0 aromatic heterocycles. The third kappa shape index (κ3) is 1.88. The van der Waals surface area contributed by atoms with E-state index in [2.05, 4.69) is 0 Å². The highest BCUT2D eigenvalue weighted by Gasteiger charge is 2.15. The molecule has 0 aliphatic carbocycles. The molecule has 1 aliphatic rings. The van der Waals surface area contributed by atoms with E-state index in [9.17, 15) is 4.79 Å². The van der Waals surface area contributed by atoms with E-state index in [1.54, 1.807) is 12.1 Å². The molecule has 1 aliphatic heterocycles. The van der Waals surface area contributed by atoms with E-state index in [0.29, 0.717) is 42.6 Å². The maximum Gasteiger partial charge on any atom is 0.165 e. The standard InChI is InChI=1S/C11H12O4/c1-2-13-9-6-11-10(5-8(9)7-12)14-3-4-15-11/h5-7H,2-4H2,1H3. The highest BCUT2D eigenvalue weighted by atomic mass is 16.6. The van der Waals surface area contributed by atoms with E-state index in [-0.39, 0.29) is 0 Å². The van der Waals surface area contributed by atoms with Gasteiger partial charge in [0.05, 0.1) is 12.2 Å². The van der Waals surface area contributed by atoms with Crippen molar-refractivity contribution in [1.82, 2.24) is 0 Å². The van der Waals surface area contributed by atoms with Crippen LogP contribution in [0, 0.1) is 0 Å². The summed E-state index contributed by atoms with van der Waals surface area (Å²) in [6.07, 6.45) is 0.753. The van der Waals surface area contributed by atoms with Crippen molar-refractivity contribution in [3.8, 4) is 17.2 Å². The summed E-state index contributed by atoms with van der Waals surface area (Å²) in [6.45, 7) is 3.42. The van der Waals surface area contributed by atoms with E-state index in [1.165, 1.54) is 0 Å². The van der Waals surface area contributed by atoms with Gasteiger partial charge in [-0.3, -0.25) is 4.79 Å². The van der Waals surface area contributed by atoms with Gasteiger partial charge in [-0.25, -0.2) is 0 Å². The van der Waals surface area contributed by atoms with Gasteiger partial charge in [-0.2, -0.15) is 0 Å². The van der Waals surface area contributed by atoms with Crippen LogP contribution in [-0.2, 0) is 0 Å². The summed E-state index contributed by atoms with van der Waals surface area (Å²) in [5, 5.41) is 0. The molecule has 0 N–H and O–H groups in total. The molecule has 4 heteroatoms. The summed E-state index contributed by atoms with van der Waals surface area (Å²) < 4.78 is 16.1. The Morgan fingerprint density at radius 2 is 2.00 bits per heavy atom. The minimum Gasteiger partial charge on any atom is -0.493 e. The van der Waals surface area contributed by atoms with Crippen LogP contribution in [-0.4, -0.2) is 26.1 Å². The molecule has 0 atom stereocenters. The Hall–Kier alpha value is -1.71. The van der Waals surface area contributed by atoms with Crippen LogP contribution >= 0.6 is 0 Å². The normalized spacial score (nSPS) is 13.4. The average Bonchev–Trinajstić information content (AvgIpc) is 2.28. The van der Waals surface area contributed by atoms with Crippen molar-refractivity contribution in [2.75, 3.05) is 19.8 Å². The minimum absolute atomic E-state index is 0.487. The van der Waals surface area contributed by atoms with Gasteiger partial charge in [0, 0.05) is 6.07 Å². The second kappa shape index (κ2) is 4.21. The zero-order chi connectivity index (χ0) is 10.7. The molecule has 0 spiro atoms. The summed E-state index contributed by atoms with van der Waals surface area (Å²) in [4.78, 5) is 10.8. The topological polar surface area (TPSA) is 44.8 Å². The first-order chi connectivity index (χ1) is 7.35. The van der Waals surface area contributed by atoms with E-state index in [1.807, 2.05) is 6.92 Å². The fraction of sp³-hybridized carbons (Fsp3) is 0.364. The predicted molar refractivity (Wildman–Crippen MR) is 54.0 cm³/mol. The largest absolute Gasteiger partial charge is 0.493 e. The lowest BCUT2D eigenvalue weighted by Crippen LogP contribution is -2.15. The van der Waals surface area contributed by atoms with Crippen molar-refractivity contribution >= 4 is 6.29 Å². The van der Waals surface area contributed by atoms with Crippen molar-refractivity contribution in [1.29, 1.82) is 0 Å². The summed E-state index contributed by atoms with van der Waals surface area (Å²) >= 11 is 0. The lowest BCUT2D eigenvalue weighted by Gasteiger charge is -2.19. The second-order valence-corrected chi connectivity index (χ2v) is 3.08. The number of fused-ring (bicyclic) bond motifs is 1. The number of carbonyl (C=O) groups excluding carboxylic acids is 1. The van der Waals surface area contributed by atoms with Gasteiger partial charge in [0.2, 0.25) is 0 Å². The molecular weight excluding hydrogens is 196 g/mol. The molecule has 2 rings (SSSR count). The number of ether oxygens (including phenoxy) is 3. The molecule has 1 aromatic rings. The summed E-state index contributed by atoms with van der Waals surface area (Å²) in [5.41, 5.74) is 0.487. The van der Waals surface area contributed by atoms with Gasteiger partial charge in [0.15, 0.2) is 17.8 Å². The Morgan fingerprint density at radius 1 is 1.33 bits per heavy atom. The zero-order valence-corrected chi connectivity index (χ0v) is 8.49. The van der Waals surface area contributed by atoms with E-state index in [4.69, 9.17) is 14.2 Å². The fourth-order valence-electron chi connectivity index (χ4n) is 1.46. The molecule has 0 amide bonds. The smallest absolute Gasteiger partial charge is 0.165 e. The number of rotatable bonds is 3. The predicted octanol–water partition coefficient (Wildman–Crippen LogP) is 1.67. The Kier molecular flexibility index (Phi) is 2.76. The Balaban J connectivity index is 2.41. The first kappa shape index (κ1) is 9.83. The van der Waals surface area contributed by atoms with Crippen LogP contribution in [0.2, 0.25) is 0 Å². The third-order valence-corrected chi connectivity index (χ3v) is 2.10. The Bertz CT molecular complexity index is 373. The highest BCUT2D eigenvalue weighted by molar-refractivity contribution is 5.81. The van der Waals surface area contributed by atoms with Gasteiger partial charge in [0.25, 0.3) is 0 Å². The van der Waals surface area contributed by atoms with Crippen LogP contribution in [0.3, 0.4) is 0 Å². The number of carbonyl (C=O) groups is 1. The minimum atomic E-state index is 0.487. The molecule has 1 heterocycles. The van der Waals surface area contributed by atoms with E-state index in [0.717, 1.165) is 6.29 Å². The Morgan fingerprint density at radius 3 is 2.60 bits per heavy atom. The van der Waals surface area contributed by atoms with Crippen molar-refractivity contribution in [2.24, 2.45) is 0 Å². The monoisotopic (exact) mass is 208 g/mol. The van der Waals surface area contributed by atoms with Gasteiger partial charge in [-0.1, -0.05) is 0 Å². The molecule has 1 aromatic carbocycles. The lowest BCUT2D eigenvalue weighted by molar-refractivity contribution is 0.111. The molecule has 0 fully saturated rings. The van der Waals surface area contributed by atoms with Crippen molar-refractivity contribution in [3.63, 3.8) is 0 Å². The molecular formula is C11H12O4. The van der Waals surface area contributed by atoms with Crippen LogP contribution in [0.1, 0.15) is 17.3 Å². The molecule has 0 saturated carbocycles. The van der Waals surface area contributed by atoms with Gasteiger partial charge in [-0.15, -0.1) is 0 Å². The van der Waals surface area contributed by atoms with Crippen LogP contribution in [0.15, 0.2) is 12.1 Å². The van der Waals surface area contributed by atoms with Crippen molar-refractivity contribution in [2.45, 2.75) is 6.92 Å².